The van der Waals surface area contributed by atoms with E-state index < -0.39 is 5.97 Å². The Morgan fingerprint density at radius 1 is 0.810 bits per heavy atom. The van der Waals surface area contributed by atoms with E-state index in [0.29, 0.717) is 23.3 Å². The predicted molar refractivity (Wildman–Crippen MR) is 83.2 cm³/mol. The Labute approximate surface area is 126 Å². The molecule has 0 spiro atoms. The summed E-state index contributed by atoms with van der Waals surface area (Å²) in [6, 6.07) is 4.53. The third-order valence-corrected chi connectivity index (χ3v) is 6.10. The number of hydrogen-bond acceptors (Lipinski definition) is 1. The van der Waals surface area contributed by atoms with Crippen molar-refractivity contribution in [1.82, 2.24) is 0 Å². The normalized spacial score (nSPS) is 23.2. The zero-order valence-corrected chi connectivity index (χ0v) is 12.6. The van der Waals surface area contributed by atoms with Crippen LogP contribution in [0.5, 0.6) is 0 Å². The molecular formula is C19H24O2. The van der Waals surface area contributed by atoms with Crippen molar-refractivity contribution in [3.63, 3.8) is 0 Å². The molecular weight excluding hydrogens is 260 g/mol. The largest absolute Gasteiger partial charge is 0.478 e. The summed E-state index contributed by atoms with van der Waals surface area (Å²) in [5.74, 6) is 1.02. The number of carboxylic acid groups (broad SMARTS) is 1. The number of rotatable bonds is 4. The summed E-state index contributed by atoms with van der Waals surface area (Å²) in [7, 11) is 0. The predicted octanol–water partition coefficient (Wildman–Crippen LogP) is 5.19. The third kappa shape index (κ3) is 2.20. The lowest BCUT2D eigenvalue weighted by Gasteiger charge is -2.35. The quantitative estimate of drug-likeness (QED) is 0.826. The summed E-state index contributed by atoms with van der Waals surface area (Å²) in [5, 5.41) is 9.78. The average Bonchev–Trinajstić information content (AvgIpc) is 2.20. The van der Waals surface area contributed by atoms with Crippen molar-refractivity contribution >= 4 is 5.97 Å². The minimum atomic E-state index is -0.695. The Morgan fingerprint density at radius 3 is 1.52 bits per heavy atom. The highest BCUT2D eigenvalue weighted by molar-refractivity contribution is 5.92. The first-order valence-electron chi connectivity index (χ1n) is 8.65. The van der Waals surface area contributed by atoms with Gasteiger partial charge in [0.05, 0.1) is 5.56 Å². The minimum absolute atomic E-state index is 0.509. The number of hydrogen-bond donors (Lipinski definition) is 1. The van der Waals surface area contributed by atoms with Gasteiger partial charge in [-0.15, -0.1) is 0 Å². The van der Waals surface area contributed by atoms with E-state index in [2.05, 4.69) is 12.1 Å². The minimum Gasteiger partial charge on any atom is -0.478 e. The van der Waals surface area contributed by atoms with Crippen molar-refractivity contribution in [3.05, 3.63) is 34.4 Å². The van der Waals surface area contributed by atoms with E-state index in [-0.39, 0.29) is 0 Å². The van der Waals surface area contributed by atoms with E-state index >= 15 is 0 Å². The molecule has 2 heteroatoms. The number of benzene rings is 1. The van der Waals surface area contributed by atoms with Crippen molar-refractivity contribution in [2.45, 2.75) is 75.5 Å². The van der Waals surface area contributed by atoms with E-state index in [1.54, 1.807) is 0 Å². The van der Waals surface area contributed by atoms with E-state index in [4.69, 9.17) is 0 Å². The molecule has 0 radical (unpaired) electrons. The van der Waals surface area contributed by atoms with Crippen LogP contribution in [0, 0.1) is 0 Å². The van der Waals surface area contributed by atoms with E-state index in [1.807, 2.05) is 0 Å². The zero-order valence-electron chi connectivity index (χ0n) is 12.6. The van der Waals surface area contributed by atoms with Gasteiger partial charge in [0.2, 0.25) is 0 Å². The van der Waals surface area contributed by atoms with Crippen LogP contribution in [0.15, 0.2) is 12.1 Å². The summed E-state index contributed by atoms with van der Waals surface area (Å²) < 4.78 is 0. The maximum absolute atomic E-state index is 11.9. The lowest BCUT2D eigenvalue weighted by atomic mass is 9.69. The fraction of sp³-hybridized carbons (Fsp3) is 0.632. The van der Waals surface area contributed by atoms with Crippen LogP contribution < -0.4 is 0 Å². The topological polar surface area (TPSA) is 37.3 Å². The van der Waals surface area contributed by atoms with Gasteiger partial charge < -0.3 is 5.11 Å². The number of carboxylic acids is 1. The summed E-state index contributed by atoms with van der Waals surface area (Å²) in [4.78, 5) is 11.9. The summed E-state index contributed by atoms with van der Waals surface area (Å²) in [6.07, 6.45) is 11.2. The smallest absolute Gasteiger partial charge is 0.336 e. The molecule has 1 N–H and O–H groups in total. The van der Waals surface area contributed by atoms with Crippen molar-refractivity contribution in [3.8, 4) is 0 Å². The van der Waals surface area contributed by atoms with Crippen LogP contribution in [0.4, 0.5) is 0 Å². The average molecular weight is 284 g/mol. The molecule has 0 aliphatic heterocycles. The molecule has 0 amide bonds. The van der Waals surface area contributed by atoms with Gasteiger partial charge in [0.1, 0.15) is 0 Å². The molecule has 0 aromatic heterocycles. The maximum atomic E-state index is 11.9. The van der Waals surface area contributed by atoms with E-state index in [1.165, 1.54) is 74.5 Å². The molecule has 0 heterocycles. The van der Waals surface area contributed by atoms with Crippen LogP contribution in [0.1, 0.15) is 103 Å². The SMILES string of the molecule is O=C(O)c1c(C2CCC2)cc(C2CCC2)cc1C1CCC1. The Bertz CT molecular complexity index is 528. The molecule has 0 saturated heterocycles. The second kappa shape index (κ2) is 5.15. The van der Waals surface area contributed by atoms with Crippen LogP contribution in [0.3, 0.4) is 0 Å². The lowest BCUT2D eigenvalue weighted by molar-refractivity contribution is 0.0691. The van der Waals surface area contributed by atoms with Crippen LogP contribution in [-0.2, 0) is 0 Å². The summed E-state index contributed by atoms with van der Waals surface area (Å²) in [6.45, 7) is 0. The van der Waals surface area contributed by atoms with Crippen molar-refractivity contribution in [2.75, 3.05) is 0 Å². The molecule has 21 heavy (non-hydrogen) atoms. The monoisotopic (exact) mass is 284 g/mol. The van der Waals surface area contributed by atoms with Gasteiger partial charge in [-0.1, -0.05) is 31.4 Å². The fourth-order valence-corrected chi connectivity index (χ4v) is 4.02. The highest BCUT2D eigenvalue weighted by Gasteiger charge is 2.33. The van der Waals surface area contributed by atoms with Crippen LogP contribution >= 0.6 is 0 Å². The van der Waals surface area contributed by atoms with Gasteiger partial charge in [0.25, 0.3) is 0 Å². The molecule has 1 aromatic rings. The zero-order chi connectivity index (χ0) is 14.4. The first kappa shape index (κ1) is 13.4. The molecule has 4 rings (SSSR count). The Morgan fingerprint density at radius 2 is 1.24 bits per heavy atom. The summed E-state index contributed by atoms with van der Waals surface area (Å²) in [5.41, 5.74) is 4.45. The number of aromatic carboxylic acids is 1. The van der Waals surface area contributed by atoms with Crippen molar-refractivity contribution in [2.24, 2.45) is 0 Å². The molecule has 3 aliphatic carbocycles. The fourth-order valence-electron chi connectivity index (χ4n) is 4.02. The van der Waals surface area contributed by atoms with Crippen molar-refractivity contribution < 1.29 is 9.90 Å². The molecule has 0 bridgehead atoms. The van der Waals surface area contributed by atoms with Gasteiger partial charge >= 0.3 is 5.97 Å². The van der Waals surface area contributed by atoms with Gasteiger partial charge in [-0.25, -0.2) is 4.79 Å². The highest BCUT2D eigenvalue weighted by Crippen LogP contribution is 2.47. The molecule has 3 aliphatic rings. The van der Waals surface area contributed by atoms with Crippen LogP contribution in [-0.4, -0.2) is 11.1 Å². The lowest BCUT2D eigenvalue weighted by Crippen LogP contribution is -2.21. The Balaban J connectivity index is 1.82. The van der Waals surface area contributed by atoms with Gasteiger partial charge in [0.15, 0.2) is 0 Å². The Hall–Kier alpha value is -1.31. The molecule has 0 unspecified atom stereocenters. The van der Waals surface area contributed by atoms with Gasteiger partial charge in [0, 0.05) is 0 Å². The van der Waals surface area contributed by atoms with Crippen molar-refractivity contribution in [1.29, 1.82) is 0 Å². The van der Waals surface area contributed by atoms with E-state index in [0.717, 1.165) is 0 Å². The summed E-state index contributed by atoms with van der Waals surface area (Å²) >= 11 is 0. The van der Waals surface area contributed by atoms with Crippen LogP contribution in [0.25, 0.3) is 0 Å². The second-order valence-corrected chi connectivity index (χ2v) is 7.26. The molecule has 1 aromatic carbocycles. The van der Waals surface area contributed by atoms with Gasteiger partial charge in [-0.2, -0.15) is 0 Å². The Kier molecular flexibility index (Phi) is 3.28. The maximum Gasteiger partial charge on any atom is 0.336 e. The highest BCUT2D eigenvalue weighted by atomic mass is 16.4. The van der Waals surface area contributed by atoms with E-state index in [9.17, 15) is 9.90 Å². The molecule has 3 saturated carbocycles. The number of carbonyl (C=O) groups is 1. The third-order valence-electron chi connectivity index (χ3n) is 6.10. The molecule has 0 atom stereocenters. The van der Waals surface area contributed by atoms with Gasteiger partial charge in [-0.05, 0) is 73.0 Å². The first-order chi connectivity index (χ1) is 10.2. The van der Waals surface area contributed by atoms with Crippen LogP contribution in [0.2, 0.25) is 0 Å². The molecule has 3 fully saturated rings. The standard InChI is InChI=1S/C19H24O2/c20-19(21)18-16(13-6-2-7-13)10-15(12-4-1-5-12)11-17(18)14-8-3-9-14/h10-14H,1-9H2,(H,20,21). The first-order valence-corrected chi connectivity index (χ1v) is 8.65. The van der Waals surface area contributed by atoms with Gasteiger partial charge in [-0.3, -0.25) is 0 Å². The molecule has 112 valence electrons. The molecule has 2 nitrogen and oxygen atoms in total. The second-order valence-electron chi connectivity index (χ2n) is 7.26.